The van der Waals surface area contributed by atoms with Crippen molar-refractivity contribution in [2.75, 3.05) is 13.1 Å². The zero-order chi connectivity index (χ0) is 10.6. The minimum atomic E-state index is -0.827. The quantitative estimate of drug-likeness (QED) is 0.613. The van der Waals surface area contributed by atoms with E-state index in [-0.39, 0.29) is 5.91 Å². The van der Waals surface area contributed by atoms with Gasteiger partial charge in [0.25, 0.3) is 5.91 Å². The molecule has 1 heterocycles. The van der Waals surface area contributed by atoms with Crippen molar-refractivity contribution in [3.05, 3.63) is 0 Å². The van der Waals surface area contributed by atoms with Gasteiger partial charge >= 0.3 is 5.97 Å². The first-order valence-corrected chi connectivity index (χ1v) is 4.59. The van der Waals surface area contributed by atoms with E-state index in [0.29, 0.717) is 19.5 Å². The largest absolute Gasteiger partial charge is 0.481 e. The third kappa shape index (κ3) is 2.49. The first kappa shape index (κ1) is 10.6. The van der Waals surface area contributed by atoms with Gasteiger partial charge in [0.15, 0.2) is 0 Å². The first-order chi connectivity index (χ1) is 6.65. The number of likely N-dealkylation sites (tertiary alicyclic amines) is 1. The Kier molecular flexibility index (Phi) is 3.52. The van der Waals surface area contributed by atoms with Crippen LogP contribution in [0, 0.1) is 17.8 Å². The molecule has 1 unspecified atom stereocenters. The number of carboxylic acid groups (broad SMARTS) is 1. The second kappa shape index (κ2) is 4.66. The number of piperidine rings is 1. The maximum atomic E-state index is 11.3. The van der Waals surface area contributed by atoms with E-state index in [2.05, 4.69) is 11.8 Å². The molecule has 4 nitrogen and oxygen atoms in total. The van der Waals surface area contributed by atoms with Crippen molar-refractivity contribution in [3.63, 3.8) is 0 Å². The molecule has 14 heavy (non-hydrogen) atoms. The summed E-state index contributed by atoms with van der Waals surface area (Å²) in [5.41, 5.74) is 0. The molecule has 1 aliphatic heterocycles. The summed E-state index contributed by atoms with van der Waals surface area (Å²) in [6.07, 6.45) is 1.40. The van der Waals surface area contributed by atoms with Gasteiger partial charge in [-0.3, -0.25) is 9.59 Å². The molecule has 1 N–H and O–H groups in total. The molecule has 0 bridgehead atoms. The Hall–Kier alpha value is -1.50. The molecule has 0 aromatic heterocycles. The topological polar surface area (TPSA) is 57.6 Å². The lowest BCUT2D eigenvalue weighted by molar-refractivity contribution is -0.144. The number of aliphatic carboxylic acids is 1. The predicted molar refractivity (Wildman–Crippen MR) is 50.4 cm³/mol. The number of nitrogens with zero attached hydrogens (tertiary/aromatic N) is 1. The van der Waals surface area contributed by atoms with Crippen molar-refractivity contribution in [1.29, 1.82) is 0 Å². The summed E-state index contributed by atoms with van der Waals surface area (Å²) in [5.74, 6) is 3.42. The summed E-state index contributed by atoms with van der Waals surface area (Å²) < 4.78 is 0. The second-order valence-electron chi connectivity index (χ2n) is 3.30. The predicted octanol–water partition coefficient (Wildman–Crippen LogP) is 0.333. The standard InChI is InChI=1S/C10H13NO3/c1-2-4-9(12)11-6-3-5-8(7-11)10(13)14/h8H,3,5-7H2,1H3,(H,13,14). The smallest absolute Gasteiger partial charge is 0.308 e. The lowest BCUT2D eigenvalue weighted by Crippen LogP contribution is -2.41. The van der Waals surface area contributed by atoms with Crippen LogP contribution in [0.1, 0.15) is 19.8 Å². The zero-order valence-corrected chi connectivity index (χ0v) is 8.12. The molecule has 1 fully saturated rings. The van der Waals surface area contributed by atoms with Gasteiger partial charge in [0.05, 0.1) is 5.92 Å². The van der Waals surface area contributed by atoms with Gasteiger partial charge in [-0.25, -0.2) is 0 Å². The number of rotatable bonds is 1. The van der Waals surface area contributed by atoms with Crippen LogP contribution in [0.4, 0.5) is 0 Å². The third-order valence-electron chi connectivity index (χ3n) is 2.29. The number of amides is 1. The van der Waals surface area contributed by atoms with Gasteiger partial charge in [0.1, 0.15) is 0 Å². The molecule has 1 atom stereocenters. The number of carbonyl (C=O) groups excluding carboxylic acids is 1. The fourth-order valence-corrected chi connectivity index (χ4v) is 1.55. The maximum Gasteiger partial charge on any atom is 0.308 e. The highest BCUT2D eigenvalue weighted by Gasteiger charge is 2.27. The molecule has 4 heteroatoms. The van der Waals surface area contributed by atoms with Crippen molar-refractivity contribution >= 4 is 11.9 Å². The minimum Gasteiger partial charge on any atom is -0.481 e. The molecule has 0 spiro atoms. The van der Waals surface area contributed by atoms with Crippen molar-refractivity contribution in [3.8, 4) is 11.8 Å². The van der Waals surface area contributed by atoms with Crippen LogP contribution in [-0.2, 0) is 9.59 Å². The van der Waals surface area contributed by atoms with Gasteiger partial charge in [-0.1, -0.05) is 5.92 Å². The van der Waals surface area contributed by atoms with Crippen LogP contribution in [0.25, 0.3) is 0 Å². The van der Waals surface area contributed by atoms with Gasteiger partial charge in [0, 0.05) is 13.1 Å². The summed E-state index contributed by atoms with van der Waals surface area (Å²) in [7, 11) is 0. The maximum absolute atomic E-state index is 11.3. The Balaban J connectivity index is 2.58. The average molecular weight is 195 g/mol. The molecular weight excluding hydrogens is 182 g/mol. The van der Waals surface area contributed by atoms with Gasteiger partial charge in [-0.05, 0) is 25.7 Å². The van der Waals surface area contributed by atoms with Crippen LogP contribution >= 0.6 is 0 Å². The summed E-state index contributed by atoms with van der Waals surface area (Å²) in [6.45, 7) is 2.51. The summed E-state index contributed by atoms with van der Waals surface area (Å²) >= 11 is 0. The van der Waals surface area contributed by atoms with Crippen molar-refractivity contribution < 1.29 is 14.7 Å². The first-order valence-electron chi connectivity index (χ1n) is 4.59. The molecule has 1 amide bonds. The Bertz CT molecular complexity index is 300. The third-order valence-corrected chi connectivity index (χ3v) is 2.29. The summed E-state index contributed by atoms with van der Waals surface area (Å²) in [6, 6.07) is 0. The van der Waals surface area contributed by atoms with Crippen LogP contribution < -0.4 is 0 Å². The van der Waals surface area contributed by atoms with E-state index >= 15 is 0 Å². The van der Waals surface area contributed by atoms with Crippen molar-refractivity contribution in [2.24, 2.45) is 5.92 Å². The fourth-order valence-electron chi connectivity index (χ4n) is 1.55. The molecule has 1 aliphatic rings. The molecular formula is C10H13NO3. The molecule has 0 saturated carbocycles. The van der Waals surface area contributed by atoms with Gasteiger partial charge in [-0.15, -0.1) is 0 Å². The highest BCUT2D eigenvalue weighted by Crippen LogP contribution is 2.16. The second-order valence-corrected chi connectivity index (χ2v) is 3.30. The molecule has 1 saturated heterocycles. The lowest BCUT2D eigenvalue weighted by Gasteiger charge is -2.28. The number of carbonyl (C=O) groups is 2. The van der Waals surface area contributed by atoms with Crippen LogP contribution in [0.2, 0.25) is 0 Å². The molecule has 0 aromatic carbocycles. The Morgan fingerprint density at radius 1 is 1.50 bits per heavy atom. The average Bonchev–Trinajstić information content (AvgIpc) is 2.18. The van der Waals surface area contributed by atoms with Crippen molar-refractivity contribution in [1.82, 2.24) is 4.90 Å². The highest BCUT2D eigenvalue weighted by atomic mass is 16.4. The molecule has 1 rings (SSSR count). The number of carboxylic acids is 1. The highest BCUT2D eigenvalue weighted by molar-refractivity contribution is 5.93. The van der Waals surface area contributed by atoms with E-state index in [1.807, 2.05) is 0 Å². The van der Waals surface area contributed by atoms with E-state index in [1.54, 1.807) is 6.92 Å². The van der Waals surface area contributed by atoms with Crippen LogP contribution in [0.3, 0.4) is 0 Å². The van der Waals surface area contributed by atoms with Gasteiger partial charge < -0.3 is 10.0 Å². The molecule has 0 radical (unpaired) electrons. The normalized spacial score (nSPS) is 20.9. The molecule has 0 aliphatic carbocycles. The van der Waals surface area contributed by atoms with E-state index < -0.39 is 11.9 Å². The van der Waals surface area contributed by atoms with E-state index in [1.165, 1.54) is 4.90 Å². The Labute approximate surface area is 82.9 Å². The molecule has 76 valence electrons. The van der Waals surface area contributed by atoms with Gasteiger partial charge in [-0.2, -0.15) is 0 Å². The molecule has 0 aromatic rings. The monoisotopic (exact) mass is 195 g/mol. The lowest BCUT2D eigenvalue weighted by atomic mass is 9.98. The van der Waals surface area contributed by atoms with Crippen LogP contribution in [0.5, 0.6) is 0 Å². The zero-order valence-electron chi connectivity index (χ0n) is 8.12. The number of hydrogen-bond acceptors (Lipinski definition) is 2. The summed E-state index contributed by atoms with van der Waals surface area (Å²) in [4.78, 5) is 23.5. The summed E-state index contributed by atoms with van der Waals surface area (Å²) in [5, 5.41) is 8.79. The fraction of sp³-hybridized carbons (Fsp3) is 0.600. The minimum absolute atomic E-state index is 0.265. The Morgan fingerprint density at radius 2 is 2.21 bits per heavy atom. The van der Waals surface area contributed by atoms with Gasteiger partial charge in [0.2, 0.25) is 0 Å². The van der Waals surface area contributed by atoms with E-state index in [9.17, 15) is 9.59 Å². The van der Waals surface area contributed by atoms with E-state index in [4.69, 9.17) is 5.11 Å². The van der Waals surface area contributed by atoms with E-state index in [0.717, 1.165) is 6.42 Å². The Morgan fingerprint density at radius 3 is 2.79 bits per heavy atom. The van der Waals surface area contributed by atoms with Crippen molar-refractivity contribution in [2.45, 2.75) is 19.8 Å². The van der Waals surface area contributed by atoms with Crippen LogP contribution in [0.15, 0.2) is 0 Å². The van der Waals surface area contributed by atoms with Crippen LogP contribution in [-0.4, -0.2) is 35.0 Å². The number of hydrogen-bond donors (Lipinski definition) is 1. The SMILES string of the molecule is CC#CC(=O)N1CCCC(C(=O)O)C1.